The van der Waals surface area contributed by atoms with Crippen molar-refractivity contribution in [2.45, 2.75) is 44.3 Å². The minimum absolute atomic E-state index is 0.0348. The lowest BCUT2D eigenvalue weighted by molar-refractivity contribution is -0.126. The van der Waals surface area contributed by atoms with Crippen LogP contribution in [0, 0.1) is 5.92 Å². The third kappa shape index (κ3) is 2.52. The number of carbonyl (C=O) groups excluding carboxylic acids is 1. The van der Waals surface area contributed by atoms with Crippen LogP contribution in [0.15, 0.2) is 24.3 Å². The van der Waals surface area contributed by atoms with Gasteiger partial charge in [0.1, 0.15) is 5.75 Å². The van der Waals surface area contributed by atoms with E-state index in [4.69, 9.17) is 4.74 Å². The molecule has 2 N–H and O–H groups in total. The SMILES string of the molecule is COc1ccc(C(C)NC(=O)C2CC3CCC2N3)cc1. The van der Waals surface area contributed by atoms with Crippen molar-refractivity contribution in [1.82, 2.24) is 10.6 Å². The zero-order valence-corrected chi connectivity index (χ0v) is 12.1. The molecular weight excluding hydrogens is 252 g/mol. The summed E-state index contributed by atoms with van der Waals surface area (Å²) in [5, 5.41) is 6.65. The molecule has 0 radical (unpaired) electrons. The van der Waals surface area contributed by atoms with Crippen molar-refractivity contribution in [2.75, 3.05) is 7.11 Å². The molecule has 2 heterocycles. The second kappa shape index (κ2) is 5.44. The quantitative estimate of drug-likeness (QED) is 0.883. The van der Waals surface area contributed by atoms with Crippen molar-refractivity contribution in [3.05, 3.63) is 29.8 Å². The molecule has 20 heavy (non-hydrogen) atoms. The predicted octanol–water partition coefficient (Wildman–Crippen LogP) is 2.01. The Bertz CT molecular complexity index is 486. The van der Waals surface area contributed by atoms with Crippen LogP contribution in [0.4, 0.5) is 0 Å². The van der Waals surface area contributed by atoms with Gasteiger partial charge >= 0.3 is 0 Å². The van der Waals surface area contributed by atoms with Crippen LogP contribution >= 0.6 is 0 Å². The zero-order chi connectivity index (χ0) is 14.1. The number of amides is 1. The van der Waals surface area contributed by atoms with Crippen LogP contribution in [-0.2, 0) is 4.79 Å². The highest BCUT2D eigenvalue weighted by Gasteiger charge is 2.42. The number of rotatable bonds is 4. The van der Waals surface area contributed by atoms with E-state index in [9.17, 15) is 4.79 Å². The van der Waals surface area contributed by atoms with Gasteiger partial charge < -0.3 is 15.4 Å². The fourth-order valence-electron chi connectivity index (χ4n) is 3.41. The molecule has 108 valence electrons. The van der Waals surface area contributed by atoms with Gasteiger partial charge in [0.2, 0.25) is 5.91 Å². The molecule has 2 bridgehead atoms. The molecule has 4 atom stereocenters. The summed E-state index contributed by atoms with van der Waals surface area (Å²) < 4.78 is 5.15. The highest BCUT2D eigenvalue weighted by Crippen LogP contribution is 2.33. The average molecular weight is 274 g/mol. The molecule has 2 aliphatic rings. The minimum Gasteiger partial charge on any atom is -0.497 e. The second-order valence-corrected chi connectivity index (χ2v) is 5.89. The predicted molar refractivity (Wildman–Crippen MR) is 77.6 cm³/mol. The molecule has 2 saturated heterocycles. The fraction of sp³-hybridized carbons (Fsp3) is 0.562. The molecule has 1 aromatic carbocycles. The zero-order valence-electron chi connectivity index (χ0n) is 12.1. The Kier molecular flexibility index (Phi) is 3.66. The van der Waals surface area contributed by atoms with Gasteiger partial charge in [-0.15, -0.1) is 0 Å². The number of benzene rings is 1. The van der Waals surface area contributed by atoms with Crippen molar-refractivity contribution < 1.29 is 9.53 Å². The van der Waals surface area contributed by atoms with E-state index in [1.54, 1.807) is 7.11 Å². The first kappa shape index (κ1) is 13.4. The van der Waals surface area contributed by atoms with Crippen LogP contribution < -0.4 is 15.4 Å². The Morgan fingerprint density at radius 3 is 2.65 bits per heavy atom. The van der Waals surface area contributed by atoms with E-state index >= 15 is 0 Å². The summed E-state index contributed by atoms with van der Waals surface area (Å²) in [7, 11) is 1.66. The van der Waals surface area contributed by atoms with Gasteiger partial charge in [-0.2, -0.15) is 0 Å². The van der Waals surface area contributed by atoms with Gasteiger partial charge in [-0.3, -0.25) is 4.79 Å². The lowest BCUT2D eigenvalue weighted by Crippen LogP contribution is -2.38. The number of methoxy groups -OCH3 is 1. The van der Waals surface area contributed by atoms with E-state index in [2.05, 4.69) is 10.6 Å². The Balaban J connectivity index is 1.60. The molecule has 2 aliphatic heterocycles. The first-order valence-electron chi connectivity index (χ1n) is 7.37. The third-order valence-electron chi connectivity index (χ3n) is 4.61. The Hall–Kier alpha value is -1.55. The summed E-state index contributed by atoms with van der Waals surface area (Å²) in [5.74, 6) is 1.17. The van der Waals surface area contributed by atoms with Crippen LogP contribution in [0.5, 0.6) is 5.75 Å². The van der Waals surface area contributed by atoms with Gasteiger partial charge in [0.05, 0.1) is 19.1 Å². The maximum atomic E-state index is 12.4. The summed E-state index contributed by atoms with van der Waals surface area (Å²) in [6.45, 7) is 2.03. The third-order valence-corrected chi connectivity index (χ3v) is 4.61. The second-order valence-electron chi connectivity index (χ2n) is 5.89. The van der Waals surface area contributed by atoms with Gasteiger partial charge in [0, 0.05) is 12.1 Å². The molecule has 0 saturated carbocycles. The van der Waals surface area contributed by atoms with Crippen LogP contribution in [0.1, 0.15) is 37.8 Å². The lowest BCUT2D eigenvalue weighted by Gasteiger charge is -2.22. The molecule has 1 amide bonds. The van der Waals surface area contributed by atoms with Gasteiger partial charge in [0.15, 0.2) is 0 Å². The molecule has 4 nitrogen and oxygen atoms in total. The Labute approximate surface area is 119 Å². The molecular formula is C16H22N2O2. The van der Waals surface area contributed by atoms with Crippen LogP contribution in [0.25, 0.3) is 0 Å². The maximum absolute atomic E-state index is 12.4. The summed E-state index contributed by atoms with van der Waals surface area (Å²) in [5.41, 5.74) is 1.11. The van der Waals surface area contributed by atoms with Crippen LogP contribution in [0.3, 0.4) is 0 Å². The van der Waals surface area contributed by atoms with E-state index in [0.717, 1.165) is 24.2 Å². The summed E-state index contributed by atoms with van der Waals surface area (Å²) in [4.78, 5) is 12.4. The summed E-state index contributed by atoms with van der Waals surface area (Å²) >= 11 is 0. The van der Waals surface area contributed by atoms with Gasteiger partial charge in [-0.25, -0.2) is 0 Å². The topological polar surface area (TPSA) is 50.4 Å². The van der Waals surface area contributed by atoms with E-state index in [0.29, 0.717) is 12.1 Å². The Morgan fingerprint density at radius 1 is 1.35 bits per heavy atom. The van der Waals surface area contributed by atoms with Gasteiger partial charge in [-0.1, -0.05) is 12.1 Å². The van der Waals surface area contributed by atoms with E-state index in [1.807, 2.05) is 31.2 Å². The number of carbonyl (C=O) groups is 1. The van der Waals surface area contributed by atoms with Crippen molar-refractivity contribution in [3.8, 4) is 5.75 Å². The normalized spacial score (nSPS) is 29.2. The van der Waals surface area contributed by atoms with Crippen molar-refractivity contribution >= 4 is 5.91 Å². The number of hydrogen-bond donors (Lipinski definition) is 2. The Morgan fingerprint density at radius 2 is 2.10 bits per heavy atom. The summed E-state index contributed by atoms with van der Waals surface area (Å²) in [6, 6.07) is 8.85. The molecule has 0 aromatic heterocycles. The number of nitrogens with one attached hydrogen (secondary N) is 2. The maximum Gasteiger partial charge on any atom is 0.225 e. The molecule has 0 aliphatic carbocycles. The smallest absolute Gasteiger partial charge is 0.225 e. The number of hydrogen-bond acceptors (Lipinski definition) is 3. The lowest BCUT2D eigenvalue weighted by atomic mass is 9.88. The van der Waals surface area contributed by atoms with Crippen LogP contribution in [0.2, 0.25) is 0 Å². The molecule has 4 heteroatoms. The van der Waals surface area contributed by atoms with E-state index in [-0.39, 0.29) is 17.9 Å². The van der Waals surface area contributed by atoms with Gasteiger partial charge in [0.25, 0.3) is 0 Å². The monoisotopic (exact) mass is 274 g/mol. The van der Waals surface area contributed by atoms with Gasteiger partial charge in [-0.05, 0) is 43.9 Å². The summed E-state index contributed by atoms with van der Waals surface area (Å²) in [6.07, 6.45) is 3.36. The first-order chi connectivity index (χ1) is 9.67. The highest BCUT2D eigenvalue weighted by atomic mass is 16.5. The standard InChI is InChI=1S/C16H22N2O2/c1-10(11-3-6-13(20-2)7-4-11)17-16(19)14-9-12-5-8-15(14)18-12/h3-4,6-7,10,12,14-15,18H,5,8-9H2,1-2H3,(H,17,19). The van der Waals surface area contributed by atoms with Crippen LogP contribution in [-0.4, -0.2) is 25.1 Å². The molecule has 4 unspecified atom stereocenters. The molecule has 0 spiro atoms. The fourth-order valence-corrected chi connectivity index (χ4v) is 3.41. The average Bonchev–Trinajstić information content (AvgIpc) is 3.10. The minimum atomic E-state index is 0.0348. The van der Waals surface area contributed by atoms with Crippen molar-refractivity contribution in [2.24, 2.45) is 5.92 Å². The first-order valence-corrected chi connectivity index (χ1v) is 7.37. The molecule has 1 aromatic rings. The van der Waals surface area contributed by atoms with Crippen molar-refractivity contribution in [1.29, 1.82) is 0 Å². The van der Waals surface area contributed by atoms with Crippen molar-refractivity contribution in [3.63, 3.8) is 0 Å². The number of ether oxygens (including phenoxy) is 1. The van der Waals surface area contributed by atoms with E-state index < -0.39 is 0 Å². The molecule has 3 rings (SSSR count). The van der Waals surface area contributed by atoms with E-state index in [1.165, 1.54) is 6.42 Å². The highest BCUT2D eigenvalue weighted by molar-refractivity contribution is 5.80. The number of fused-ring (bicyclic) bond motifs is 2. The molecule has 2 fully saturated rings. The largest absolute Gasteiger partial charge is 0.497 e.